The van der Waals surface area contributed by atoms with Gasteiger partial charge in [-0.3, -0.25) is 4.79 Å². The van der Waals surface area contributed by atoms with Crippen molar-refractivity contribution in [2.75, 3.05) is 25.0 Å². The van der Waals surface area contributed by atoms with Crippen molar-refractivity contribution in [2.24, 2.45) is 0 Å². The lowest BCUT2D eigenvalue weighted by Crippen LogP contribution is -2.36. The summed E-state index contributed by atoms with van der Waals surface area (Å²) in [6, 6.07) is 20.0. The van der Waals surface area contributed by atoms with Gasteiger partial charge in [-0.1, -0.05) is 48.9 Å². The lowest BCUT2D eigenvalue weighted by Gasteiger charge is -2.26. The van der Waals surface area contributed by atoms with Crippen molar-refractivity contribution < 1.29 is 17.9 Å². The molecule has 4 rings (SSSR count). The third-order valence-corrected chi connectivity index (χ3v) is 7.14. The summed E-state index contributed by atoms with van der Waals surface area (Å²) in [6.07, 6.45) is 2.75. The average molecular weight is 425 g/mol. The number of nitrogens with one attached hydrogen (secondary N) is 1. The van der Waals surface area contributed by atoms with Gasteiger partial charge in [0, 0.05) is 13.1 Å². The monoisotopic (exact) mass is 424 g/mol. The first-order valence-electron chi connectivity index (χ1n) is 10.0. The minimum Gasteiger partial charge on any atom is -0.484 e. The summed E-state index contributed by atoms with van der Waals surface area (Å²) in [5, 5.41) is 4.80. The number of amides is 1. The second-order valence-electron chi connectivity index (χ2n) is 7.31. The minimum atomic E-state index is -3.65. The number of fused-ring (bicyclic) bond motifs is 1. The molecule has 30 heavy (non-hydrogen) atoms. The highest BCUT2D eigenvalue weighted by atomic mass is 32.2. The third-order valence-electron chi connectivity index (χ3n) is 5.18. The lowest BCUT2D eigenvalue weighted by molar-refractivity contribution is -0.118. The zero-order valence-corrected chi connectivity index (χ0v) is 17.4. The molecule has 0 aliphatic carbocycles. The van der Waals surface area contributed by atoms with Crippen LogP contribution < -0.4 is 10.1 Å². The smallest absolute Gasteiger partial charge is 0.262 e. The first-order chi connectivity index (χ1) is 14.5. The molecule has 7 heteroatoms. The first kappa shape index (κ1) is 20.4. The number of hydrogen-bond donors (Lipinski definition) is 1. The molecule has 0 saturated carbocycles. The van der Waals surface area contributed by atoms with Gasteiger partial charge in [0.05, 0.1) is 5.69 Å². The van der Waals surface area contributed by atoms with Gasteiger partial charge in [0.25, 0.3) is 5.91 Å². The van der Waals surface area contributed by atoms with Gasteiger partial charge in [-0.2, -0.15) is 4.31 Å². The van der Waals surface area contributed by atoms with E-state index >= 15 is 0 Å². The standard InChI is InChI=1S/C23H24N2O4S/c26-23(17-29-20-13-12-18-8-2-3-9-19(18)16-20)24-21-10-4-5-11-22(21)30(27,28)25-14-6-1-7-15-25/h2-5,8-13,16H,1,6-7,14-15,17H2,(H,24,26). The van der Waals surface area contributed by atoms with Crippen LogP contribution >= 0.6 is 0 Å². The molecule has 1 fully saturated rings. The molecule has 0 spiro atoms. The van der Waals surface area contributed by atoms with Crippen molar-refractivity contribution in [3.63, 3.8) is 0 Å². The number of sulfonamides is 1. The van der Waals surface area contributed by atoms with Crippen LogP contribution in [0, 0.1) is 0 Å². The molecule has 3 aromatic carbocycles. The fraction of sp³-hybridized carbons (Fsp3) is 0.261. The number of carbonyl (C=O) groups excluding carboxylic acids is 1. The first-order valence-corrected chi connectivity index (χ1v) is 11.5. The summed E-state index contributed by atoms with van der Waals surface area (Å²) in [5.41, 5.74) is 0.273. The predicted octanol–water partition coefficient (Wildman–Crippen LogP) is 4.03. The molecule has 156 valence electrons. The largest absolute Gasteiger partial charge is 0.484 e. The second kappa shape index (κ2) is 8.85. The summed E-state index contributed by atoms with van der Waals surface area (Å²) in [6.45, 7) is 0.807. The summed E-state index contributed by atoms with van der Waals surface area (Å²) in [7, 11) is -3.65. The Kier molecular flexibility index (Phi) is 6.01. The van der Waals surface area contributed by atoms with Gasteiger partial charge in [0.1, 0.15) is 10.6 Å². The molecule has 0 radical (unpaired) electrons. The number of para-hydroxylation sites is 1. The maximum Gasteiger partial charge on any atom is 0.262 e. The van der Waals surface area contributed by atoms with Crippen LogP contribution in [0.1, 0.15) is 19.3 Å². The van der Waals surface area contributed by atoms with Gasteiger partial charge >= 0.3 is 0 Å². The van der Waals surface area contributed by atoms with E-state index in [0.29, 0.717) is 18.8 Å². The zero-order valence-electron chi connectivity index (χ0n) is 16.6. The Morgan fingerprint density at radius 3 is 2.40 bits per heavy atom. The molecule has 1 amide bonds. The zero-order chi connectivity index (χ0) is 21.0. The van der Waals surface area contributed by atoms with E-state index in [9.17, 15) is 13.2 Å². The molecule has 0 unspecified atom stereocenters. The normalized spacial score (nSPS) is 15.1. The maximum atomic E-state index is 13.0. The van der Waals surface area contributed by atoms with Crippen LogP contribution in [0.4, 0.5) is 5.69 Å². The molecule has 3 aromatic rings. The summed E-state index contributed by atoms with van der Waals surface area (Å²) < 4.78 is 33.2. The Balaban J connectivity index is 1.45. The SMILES string of the molecule is O=C(COc1ccc2ccccc2c1)Nc1ccccc1S(=O)(=O)N1CCCCC1. The van der Waals surface area contributed by atoms with Crippen molar-refractivity contribution >= 4 is 32.4 Å². The van der Waals surface area contributed by atoms with Crippen LogP contribution in [0.5, 0.6) is 5.75 Å². The minimum absolute atomic E-state index is 0.117. The number of piperidine rings is 1. The quantitative estimate of drug-likeness (QED) is 0.648. The predicted molar refractivity (Wildman–Crippen MR) is 117 cm³/mol. The third kappa shape index (κ3) is 4.47. The molecular weight excluding hydrogens is 400 g/mol. The maximum absolute atomic E-state index is 13.0. The van der Waals surface area contributed by atoms with Gasteiger partial charge in [0.2, 0.25) is 10.0 Å². The van der Waals surface area contributed by atoms with Gasteiger partial charge < -0.3 is 10.1 Å². The molecular formula is C23H24N2O4S. The van der Waals surface area contributed by atoms with Crippen molar-refractivity contribution in [3.8, 4) is 5.75 Å². The van der Waals surface area contributed by atoms with E-state index < -0.39 is 15.9 Å². The Morgan fingerprint density at radius 2 is 1.60 bits per heavy atom. The number of hydrogen-bond acceptors (Lipinski definition) is 4. The average Bonchev–Trinajstić information content (AvgIpc) is 2.78. The van der Waals surface area contributed by atoms with Crippen LogP contribution in [0.3, 0.4) is 0 Å². The highest BCUT2D eigenvalue weighted by molar-refractivity contribution is 7.89. The fourth-order valence-corrected chi connectivity index (χ4v) is 5.30. The van der Waals surface area contributed by atoms with Crippen LogP contribution in [0.25, 0.3) is 10.8 Å². The number of benzene rings is 3. The Labute approximate surface area is 176 Å². The van der Waals surface area contributed by atoms with E-state index in [1.165, 1.54) is 10.4 Å². The van der Waals surface area contributed by atoms with E-state index in [1.807, 2.05) is 42.5 Å². The van der Waals surface area contributed by atoms with Gasteiger partial charge in [-0.05, 0) is 47.9 Å². The second-order valence-corrected chi connectivity index (χ2v) is 9.21. The number of anilines is 1. The van der Waals surface area contributed by atoms with Crippen molar-refractivity contribution in [3.05, 3.63) is 66.7 Å². The van der Waals surface area contributed by atoms with E-state index in [2.05, 4.69) is 5.32 Å². The van der Waals surface area contributed by atoms with E-state index in [-0.39, 0.29) is 17.2 Å². The Hall–Kier alpha value is -2.90. The highest BCUT2D eigenvalue weighted by Crippen LogP contribution is 2.27. The van der Waals surface area contributed by atoms with Crippen LogP contribution in [-0.4, -0.2) is 38.3 Å². The van der Waals surface area contributed by atoms with Gasteiger partial charge in [-0.15, -0.1) is 0 Å². The molecule has 1 aliphatic heterocycles. The number of nitrogens with zero attached hydrogens (tertiary/aromatic N) is 1. The molecule has 1 aliphatic rings. The Morgan fingerprint density at radius 1 is 0.900 bits per heavy atom. The Bertz CT molecular complexity index is 1150. The summed E-state index contributed by atoms with van der Waals surface area (Å²) >= 11 is 0. The summed E-state index contributed by atoms with van der Waals surface area (Å²) in [5.74, 6) is 0.169. The molecule has 1 heterocycles. The van der Waals surface area contributed by atoms with Crippen molar-refractivity contribution in [2.45, 2.75) is 24.2 Å². The number of ether oxygens (including phenoxy) is 1. The van der Waals surface area contributed by atoms with Gasteiger partial charge in [-0.25, -0.2) is 8.42 Å². The van der Waals surface area contributed by atoms with Crippen LogP contribution in [0.2, 0.25) is 0 Å². The molecule has 0 atom stereocenters. The van der Waals surface area contributed by atoms with Crippen molar-refractivity contribution in [1.82, 2.24) is 4.31 Å². The molecule has 0 bridgehead atoms. The topological polar surface area (TPSA) is 75.7 Å². The molecule has 6 nitrogen and oxygen atoms in total. The van der Waals surface area contributed by atoms with Crippen molar-refractivity contribution in [1.29, 1.82) is 0 Å². The molecule has 1 N–H and O–H groups in total. The van der Waals surface area contributed by atoms with E-state index in [1.54, 1.807) is 18.2 Å². The van der Waals surface area contributed by atoms with E-state index in [4.69, 9.17) is 4.74 Å². The number of rotatable bonds is 6. The summed E-state index contributed by atoms with van der Waals surface area (Å²) in [4.78, 5) is 12.6. The van der Waals surface area contributed by atoms with Crippen LogP contribution in [0.15, 0.2) is 71.6 Å². The highest BCUT2D eigenvalue weighted by Gasteiger charge is 2.28. The molecule has 0 aromatic heterocycles. The molecule has 1 saturated heterocycles. The fourth-order valence-electron chi connectivity index (χ4n) is 3.63. The lowest BCUT2D eigenvalue weighted by atomic mass is 10.1. The van der Waals surface area contributed by atoms with E-state index in [0.717, 1.165) is 30.0 Å². The number of carbonyl (C=O) groups is 1. The van der Waals surface area contributed by atoms with Crippen LogP contribution in [-0.2, 0) is 14.8 Å². The van der Waals surface area contributed by atoms with Gasteiger partial charge in [0.15, 0.2) is 6.61 Å².